The van der Waals surface area contributed by atoms with Gasteiger partial charge in [0.15, 0.2) is 5.96 Å². The zero-order valence-corrected chi connectivity index (χ0v) is 14.2. The summed E-state index contributed by atoms with van der Waals surface area (Å²) in [5.41, 5.74) is 1.89. The first-order valence-electron chi connectivity index (χ1n) is 7.68. The van der Waals surface area contributed by atoms with E-state index >= 15 is 0 Å². The van der Waals surface area contributed by atoms with Crippen LogP contribution in [0.1, 0.15) is 11.4 Å². The Morgan fingerprint density at radius 1 is 1.21 bits per heavy atom. The van der Waals surface area contributed by atoms with Crippen LogP contribution in [0.3, 0.4) is 0 Å². The van der Waals surface area contributed by atoms with Gasteiger partial charge in [-0.05, 0) is 23.6 Å². The molecule has 7 heteroatoms. The van der Waals surface area contributed by atoms with Gasteiger partial charge >= 0.3 is 0 Å². The topological polar surface area (TPSA) is 75.3 Å². The fraction of sp³-hybridized carbons (Fsp3) is 0.235. The van der Waals surface area contributed by atoms with Crippen molar-refractivity contribution in [1.82, 2.24) is 20.6 Å². The second-order valence-electron chi connectivity index (χ2n) is 5.04. The first-order valence-corrected chi connectivity index (χ1v) is 8.56. The molecule has 0 aliphatic rings. The molecule has 0 fully saturated rings. The highest BCUT2D eigenvalue weighted by molar-refractivity contribution is 7.13. The summed E-state index contributed by atoms with van der Waals surface area (Å²) in [6, 6.07) is 9.89. The van der Waals surface area contributed by atoms with Crippen molar-refractivity contribution < 1.29 is 4.42 Å². The van der Waals surface area contributed by atoms with Crippen LogP contribution in [0.4, 0.5) is 0 Å². The SMILES string of the molecule is CN=C(NCCc1ccccn1)NCc1coc(-c2cccs2)n1. The number of hydrogen-bond acceptors (Lipinski definition) is 5. The van der Waals surface area contributed by atoms with Crippen LogP contribution < -0.4 is 10.6 Å². The van der Waals surface area contributed by atoms with E-state index < -0.39 is 0 Å². The van der Waals surface area contributed by atoms with Crippen LogP contribution in [-0.4, -0.2) is 29.5 Å². The minimum Gasteiger partial charge on any atom is -0.443 e. The summed E-state index contributed by atoms with van der Waals surface area (Å²) in [5.74, 6) is 1.38. The molecule has 0 bridgehead atoms. The molecule has 0 amide bonds. The summed E-state index contributed by atoms with van der Waals surface area (Å²) >= 11 is 1.61. The van der Waals surface area contributed by atoms with Gasteiger partial charge in [-0.2, -0.15) is 0 Å². The Morgan fingerprint density at radius 3 is 2.92 bits per heavy atom. The average Bonchev–Trinajstić information content (AvgIpc) is 3.30. The van der Waals surface area contributed by atoms with E-state index in [1.54, 1.807) is 30.8 Å². The summed E-state index contributed by atoms with van der Waals surface area (Å²) in [6.07, 6.45) is 4.31. The number of thiophene rings is 1. The highest BCUT2D eigenvalue weighted by Crippen LogP contribution is 2.23. The summed E-state index contributed by atoms with van der Waals surface area (Å²) in [4.78, 5) is 14.0. The molecule has 0 aromatic carbocycles. The molecule has 0 aliphatic heterocycles. The highest BCUT2D eigenvalue weighted by Gasteiger charge is 2.08. The third-order valence-corrected chi connectivity index (χ3v) is 4.20. The number of nitrogens with zero attached hydrogens (tertiary/aromatic N) is 3. The van der Waals surface area contributed by atoms with Crippen LogP contribution in [0.5, 0.6) is 0 Å². The molecule has 2 N–H and O–H groups in total. The van der Waals surface area contributed by atoms with Crippen LogP contribution in [-0.2, 0) is 13.0 Å². The van der Waals surface area contributed by atoms with Gasteiger partial charge in [0.1, 0.15) is 6.26 Å². The Hall–Kier alpha value is -2.67. The highest BCUT2D eigenvalue weighted by atomic mass is 32.1. The lowest BCUT2D eigenvalue weighted by atomic mass is 10.3. The van der Waals surface area contributed by atoms with Gasteiger partial charge in [-0.3, -0.25) is 9.98 Å². The summed E-state index contributed by atoms with van der Waals surface area (Å²) in [6.45, 7) is 1.31. The lowest BCUT2D eigenvalue weighted by molar-refractivity contribution is 0.573. The molecule has 0 atom stereocenters. The molecule has 3 aromatic heterocycles. The average molecular weight is 341 g/mol. The molecule has 0 aliphatic carbocycles. The van der Waals surface area contributed by atoms with Crippen molar-refractivity contribution in [2.75, 3.05) is 13.6 Å². The monoisotopic (exact) mass is 341 g/mol. The smallest absolute Gasteiger partial charge is 0.236 e. The second kappa shape index (κ2) is 8.26. The van der Waals surface area contributed by atoms with Crippen LogP contribution in [0, 0.1) is 0 Å². The van der Waals surface area contributed by atoms with Gasteiger partial charge in [0.25, 0.3) is 0 Å². The zero-order valence-electron chi connectivity index (χ0n) is 13.4. The standard InChI is InChI=1S/C17H19N5OS/c1-18-17(20-9-7-13-5-2-3-8-19-13)21-11-14-12-23-16(22-14)15-6-4-10-24-15/h2-6,8,10,12H,7,9,11H2,1H3,(H2,18,20,21). The van der Waals surface area contributed by atoms with Crippen molar-refractivity contribution in [2.45, 2.75) is 13.0 Å². The van der Waals surface area contributed by atoms with Crippen LogP contribution >= 0.6 is 11.3 Å². The number of rotatable bonds is 6. The van der Waals surface area contributed by atoms with Gasteiger partial charge in [0.05, 0.1) is 17.1 Å². The third kappa shape index (κ3) is 4.42. The Balaban J connectivity index is 1.46. The molecule has 3 aromatic rings. The van der Waals surface area contributed by atoms with E-state index in [1.165, 1.54) is 0 Å². The summed E-state index contributed by atoms with van der Waals surface area (Å²) in [7, 11) is 1.75. The van der Waals surface area contributed by atoms with Gasteiger partial charge in [-0.15, -0.1) is 11.3 Å². The molecule has 24 heavy (non-hydrogen) atoms. The van der Waals surface area contributed by atoms with Crippen LogP contribution in [0.25, 0.3) is 10.8 Å². The first kappa shape index (κ1) is 16.2. The third-order valence-electron chi connectivity index (χ3n) is 3.34. The molecule has 0 radical (unpaired) electrons. The molecule has 0 saturated carbocycles. The number of aromatic nitrogens is 2. The van der Waals surface area contributed by atoms with E-state index in [4.69, 9.17) is 4.42 Å². The summed E-state index contributed by atoms with van der Waals surface area (Å²) < 4.78 is 5.50. The normalized spacial score (nSPS) is 11.5. The number of guanidine groups is 1. The fourth-order valence-electron chi connectivity index (χ4n) is 2.15. The van der Waals surface area contributed by atoms with Crippen molar-refractivity contribution in [3.05, 3.63) is 59.6 Å². The first-order chi connectivity index (χ1) is 11.8. The molecule has 3 heterocycles. The number of nitrogens with one attached hydrogen (secondary N) is 2. The van der Waals surface area contributed by atoms with E-state index in [0.29, 0.717) is 12.4 Å². The predicted molar refractivity (Wildman–Crippen MR) is 96.0 cm³/mol. The fourth-order valence-corrected chi connectivity index (χ4v) is 2.81. The number of oxazole rings is 1. The molecular formula is C17H19N5OS. The van der Waals surface area contributed by atoms with E-state index in [2.05, 4.69) is 25.6 Å². The largest absolute Gasteiger partial charge is 0.443 e. The molecule has 0 unspecified atom stereocenters. The quantitative estimate of drug-likeness (QED) is 0.533. The molecule has 3 rings (SSSR count). The van der Waals surface area contributed by atoms with Crippen molar-refractivity contribution in [1.29, 1.82) is 0 Å². The Labute approximate surface area is 144 Å². The molecule has 124 valence electrons. The van der Waals surface area contributed by atoms with E-state index in [0.717, 1.165) is 35.2 Å². The van der Waals surface area contributed by atoms with Gasteiger partial charge < -0.3 is 15.1 Å². The van der Waals surface area contributed by atoms with Crippen molar-refractivity contribution in [3.8, 4) is 10.8 Å². The molecular weight excluding hydrogens is 322 g/mol. The zero-order chi connectivity index (χ0) is 16.6. The van der Waals surface area contributed by atoms with Gasteiger partial charge in [-0.25, -0.2) is 4.98 Å². The van der Waals surface area contributed by atoms with E-state index in [1.807, 2.05) is 35.7 Å². The van der Waals surface area contributed by atoms with E-state index in [-0.39, 0.29) is 0 Å². The van der Waals surface area contributed by atoms with Crippen molar-refractivity contribution in [3.63, 3.8) is 0 Å². The number of pyridine rings is 1. The second-order valence-corrected chi connectivity index (χ2v) is 5.99. The predicted octanol–water partition coefficient (Wildman–Crippen LogP) is 2.71. The van der Waals surface area contributed by atoms with Crippen molar-refractivity contribution in [2.24, 2.45) is 4.99 Å². The molecule has 0 spiro atoms. The minimum absolute atomic E-state index is 0.554. The van der Waals surface area contributed by atoms with E-state index in [9.17, 15) is 0 Å². The maximum atomic E-state index is 5.50. The maximum Gasteiger partial charge on any atom is 0.236 e. The van der Waals surface area contributed by atoms with Gasteiger partial charge in [0, 0.05) is 31.9 Å². The molecule has 0 saturated heterocycles. The van der Waals surface area contributed by atoms with Crippen LogP contribution in [0.15, 0.2) is 57.6 Å². The Kier molecular flexibility index (Phi) is 5.57. The number of hydrogen-bond donors (Lipinski definition) is 2. The van der Waals surface area contributed by atoms with Crippen molar-refractivity contribution >= 4 is 17.3 Å². The lowest BCUT2D eigenvalue weighted by Crippen LogP contribution is -2.38. The maximum absolute atomic E-state index is 5.50. The molecule has 6 nitrogen and oxygen atoms in total. The van der Waals surface area contributed by atoms with Gasteiger partial charge in [0.2, 0.25) is 5.89 Å². The minimum atomic E-state index is 0.554. The van der Waals surface area contributed by atoms with Gasteiger partial charge in [-0.1, -0.05) is 12.1 Å². The number of aliphatic imine (C=N–C) groups is 1. The Bertz CT molecular complexity index is 767. The Morgan fingerprint density at radius 2 is 2.17 bits per heavy atom. The lowest BCUT2D eigenvalue weighted by Gasteiger charge is -2.10. The van der Waals surface area contributed by atoms with Crippen LogP contribution in [0.2, 0.25) is 0 Å². The summed E-state index contributed by atoms with van der Waals surface area (Å²) in [5, 5.41) is 8.50.